The quantitative estimate of drug-likeness (QED) is 0.637. The van der Waals surface area contributed by atoms with Gasteiger partial charge in [0.25, 0.3) is 5.91 Å². The van der Waals surface area contributed by atoms with Gasteiger partial charge < -0.3 is 15.1 Å². The molecule has 34 heavy (non-hydrogen) atoms. The van der Waals surface area contributed by atoms with Crippen LogP contribution in [0.1, 0.15) is 41.6 Å². The van der Waals surface area contributed by atoms with Crippen molar-refractivity contribution < 1.29 is 14.4 Å². The van der Waals surface area contributed by atoms with Crippen LogP contribution in [0.25, 0.3) is 10.8 Å². The number of hydrogen-bond acceptors (Lipinski definition) is 3. The van der Waals surface area contributed by atoms with Crippen LogP contribution in [0, 0.1) is 0 Å². The predicted molar refractivity (Wildman–Crippen MR) is 131 cm³/mol. The Morgan fingerprint density at radius 2 is 1.44 bits per heavy atom. The van der Waals surface area contributed by atoms with Crippen LogP contribution in [0.3, 0.4) is 0 Å². The summed E-state index contributed by atoms with van der Waals surface area (Å²) < 4.78 is 0. The molecule has 174 valence electrons. The summed E-state index contributed by atoms with van der Waals surface area (Å²) in [5.41, 5.74) is 1.64. The molecule has 0 radical (unpaired) electrons. The van der Waals surface area contributed by atoms with Crippen molar-refractivity contribution in [2.24, 2.45) is 0 Å². The lowest BCUT2D eigenvalue weighted by Crippen LogP contribution is -2.52. The molecule has 5 rings (SSSR count). The van der Waals surface area contributed by atoms with E-state index in [4.69, 9.17) is 0 Å². The second kappa shape index (κ2) is 9.67. The number of carbonyl (C=O) groups is 3. The molecule has 2 aliphatic rings. The SMILES string of the molecule is O=C(NCc1ccccc1)[C@@H]1CCCN1C(=O)[C@@H]1CCCN1C(=O)c1cccc2ccccc12. The van der Waals surface area contributed by atoms with Crippen LogP contribution in [0.5, 0.6) is 0 Å². The molecule has 2 saturated heterocycles. The second-order valence-corrected chi connectivity index (χ2v) is 9.08. The summed E-state index contributed by atoms with van der Waals surface area (Å²) >= 11 is 0. The molecule has 6 nitrogen and oxygen atoms in total. The van der Waals surface area contributed by atoms with Gasteiger partial charge in [0.05, 0.1) is 0 Å². The molecule has 6 heteroatoms. The van der Waals surface area contributed by atoms with E-state index in [0.29, 0.717) is 38.0 Å². The van der Waals surface area contributed by atoms with Gasteiger partial charge in [-0.2, -0.15) is 0 Å². The van der Waals surface area contributed by atoms with Crippen LogP contribution in [-0.4, -0.2) is 52.7 Å². The maximum absolute atomic E-state index is 13.6. The van der Waals surface area contributed by atoms with E-state index in [1.54, 1.807) is 9.80 Å². The molecule has 0 bridgehead atoms. The van der Waals surface area contributed by atoms with Crippen molar-refractivity contribution in [2.45, 2.75) is 44.3 Å². The molecular weight excluding hydrogens is 426 g/mol. The summed E-state index contributed by atoms with van der Waals surface area (Å²) in [6.45, 7) is 1.54. The van der Waals surface area contributed by atoms with Gasteiger partial charge in [-0.05, 0) is 48.1 Å². The Labute approximate surface area is 199 Å². The lowest BCUT2D eigenvalue weighted by Gasteiger charge is -2.31. The molecule has 3 aromatic carbocycles. The number of nitrogens with zero attached hydrogens (tertiary/aromatic N) is 2. The first-order valence-corrected chi connectivity index (χ1v) is 12.0. The maximum Gasteiger partial charge on any atom is 0.255 e. The third-order valence-electron chi connectivity index (χ3n) is 6.97. The first-order chi connectivity index (χ1) is 16.6. The summed E-state index contributed by atoms with van der Waals surface area (Å²) in [5.74, 6) is -0.347. The fourth-order valence-electron chi connectivity index (χ4n) is 5.23. The van der Waals surface area contributed by atoms with E-state index in [-0.39, 0.29) is 17.7 Å². The van der Waals surface area contributed by atoms with Crippen molar-refractivity contribution in [3.05, 3.63) is 83.9 Å². The minimum atomic E-state index is -0.519. The summed E-state index contributed by atoms with van der Waals surface area (Å²) in [5, 5.41) is 4.88. The minimum absolute atomic E-state index is 0.108. The number of fused-ring (bicyclic) bond motifs is 1. The van der Waals surface area contributed by atoms with Gasteiger partial charge in [-0.15, -0.1) is 0 Å². The zero-order valence-electron chi connectivity index (χ0n) is 19.2. The van der Waals surface area contributed by atoms with Gasteiger partial charge in [-0.25, -0.2) is 0 Å². The topological polar surface area (TPSA) is 69.7 Å². The Kier molecular flexibility index (Phi) is 6.30. The highest BCUT2D eigenvalue weighted by molar-refractivity contribution is 6.08. The van der Waals surface area contributed by atoms with Crippen molar-refractivity contribution in [1.29, 1.82) is 0 Å². The molecule has 1 N–H and O–H groups in total. The normalized spacial score (nSPS) is 20.0. The predicted octanol–water partition coefficient (Wildman–Crippen LogP) is 3.75. The van der Waals surface area contributed by atoms with Gasteiger partial charge in [0, 0.05) is 25.2 Å². The fourth-order valence-corrected chi connectivity index (χ4v) is 5.23. The number of likely N-dealkylation sites (tertiary alicyclic amines) is 2. The van der Waals surface area contributed by atoms with Gasteiger partial charge in [0.1, 0.15) is 12.1 Å². The first kappa shape index (κ1) is 22.1. The summed E-state index contributed by atoms with van der Waals surface area (Å²) in [4.78, 5) is 43.5. The molecule has 3 aromatic rings. The number of rotatable bonds is 5. The van der Waals surface area contributed by atoms with Gasteiger partial charge in [-0.3, -0.25) is 14.4 Å². The standard InChI is InChI=1S/C28H29N3O3/c32-26(29-19-20-9-2-1-3-10-20)24-15-7-17-30(24)28(34)25-16-8-18-31(25)27(33)23-14-6-12-21-11-4-5-13-22(21)23/h1-6,9-14,24-25H,7-8,15-19H2,(H,29,32)/t24-,25-/m0/s1. The number of amides is 3. The van der Waals surface area contributed by atoms with E-state index >= 15 is 0 Å². The average molecular weight is 456 g/mol. The van der Waals surface area contributed by atoms with Crippen molar-refractivity contribution in [1.82, 2.24) is 15.1 Å². The van der Waals surface area contributed by atoms with Gasteiger partial charge in [0.15, 0.2) is 0 Å². The van der Waals surface area contributed by atoms with E-state index in [2.05, 4.69) is 5.32 Å². The number of hydrogen-bond donors (Lipinski definition) is 1. The molecule has 2 atom stereocenters. The van der Waals surface area contributed by atoms with E-state index in [0.717, 1.165) is 29.2 Å². The summed E-state index contributed by atoms with van der Waals surface area (Å²) in [6.07, 6.45) is 2.85. The Hall–Kier alpha value is -3.67. The van der Waals surface area contributed by atoms with Crippen molar-refractivity contribution >= 4 is 28.5 Å². The van der Waals surface area contributed by atoms with Crippen LogP contribution < -0.4 is 5.32 Å². The van der Waals surface area contributed by atoms with E-state index in [1.807, 2.05) is 72.8 Å². The fraction of sp³-hybridized carbons (Fsp3) is 0.321. The van der Waals surface area contributed by atoms with E-state index in [9.17, 15) is 14.4 Å². The highest BCUT2D eigenvalue weighted by Crippen LogP contribution is 2.28. The Bertz CT molecular complexity index is 1200. The Balaban J connectivity index is 1.31. The highest BCUT2D eigenvalue weighted by atomic mass is 16.2. The Morgan fingerprint density at radius 1 is 0.765 bits per heavy atom. The van der Waals surface area contributed by atoms with Crippen LogP contribution in [-0.2, 0) is 16.1 Å². The number of nitrogens with one attached hydrogen (secondary N) is 1. The molecule has 0 spiro atoms. The first-order valence-electron chi connectivity index (χ1n) is 12.0. The average Bonchev–Trinajstić information content (AvgIpc) is 3.57. The van der Waals surface area contributed by atoms with Crippen LogP contribution in [0.2, 0.25) is 0 Å². The molecule has 2 heterocycles. The minimum Gasteiger partial charge on any atom is -0.350 e. The second-order valence-electron chi connectivity index (χ2n) is 9.08. The van der Waals surface area contributed by atoms with Gasteiger partial charge in [0.2, 0.25) is 11.8 Å². The lowest BCUT2D eigenvalue weighted by molar-refractivity contribution is -0.141. The van der Waals surface area contributed by atoms with E-state index in [1.165, 1.54) is 0 Å². The van der Waals surface area contributed by atoms with Gasteiger partial charge >= 0.3 is 0 Å². The molecule has 2 fully saturated rings. The highest BCUT2D eigenvalue weighted by Gasteiger charge is 2.42. The van der Waals surface area contributed by atoms with Crippen LogP contribution in [0.4, 0.5) is 0 Å². The van der Waals surface area contributed by atoms with Gasteiger partial charge in [-0.1, -0.05) is 66.7 Å². The van der Waals surface area contributed by atoms with Crippen molar-refractivity contribution in [2.75, 3.05) is 13.1 Å². The van der Waals surface area contributed by atoms with Crippen LogP contribution in [0.15, 0.2) is 72.8 Å². The zero-order chi connectivity index (χ0) is 23.5. The third-order valence-corrected chi connectivity index (χ3v) is 6.97. The van der Waals surface area contributed by atoms with Crippen LogP contribution >= 0.6 is 0 Å². The smallest absolute Gasteiger partial charge is 0.255 e. The van der Waals surface area contributed by atoms with Crippen molar-refractivity contribution in [3.63, 3.8) is 0 Å². The van der Waals surface area contributed by atoms with E-state index < -0.39 is 12.1 Å². The lowest BCUT2D eigenvalue weighted by atomic mass is 10.0. The molecule has 0 aliphatic carbocycles. The molecule has 0 aromatic heterocycles. The summed E-state index contributed by atoms with van der Waals surface area (Å²) in [6, 6.07) is 22.3. The number of benzene rings is 3. The molecule has 0 unspecified atom stereocenters. The monoisotopic (exact) mass is 455 g/mol. The third kappa shape index (κ3) is 4.28. The maximum atomic E-state index is 13.6. The zero-order valence-corrected chi connectivity index (χ0v) is 19.2. The van der Waals surface area contributed by atoms with Crippen molar-refractivity contribution in [3.8, 4) is 0 Å². The Morgan fingerprint density at radius 3 is 2.26 bits per heavy atom. The molecule has 2 aliphatic heterocycles. The molecule has 0 saturated carbocycles. The number of carbonyl (C=O) groups excluding carboxylic acids is 3. The summed E-state index contributed by atoms with van der Waals surface area (Å²) in [7, 11) is 0. The largest absolute Gasteiger partial charge is 0.350 e. The molecule has 3 amide bonds. The molecular formula is C28H29N3O3.